The zero-order valence-corrected chi connectivity index (χ0v) is 13.9. The molecule has 1 amide bonds. The number of carbonyl (C=O) groups is 1. The Kier molecular flexibility index (Phi) is 3.95. The fraction of sp³-hybridized carbons (Fsp3) is 0.316. The first-order valence-electron chi connectivity index (χ1n) is 7.75. The number of rotatable bonds is 3. The van der Waals surface area contributed by atoms with Crippen LogP contribution in [0.25, 0.3) is 11.1 Å². The summed E-state index contributed by atoms with van der Waals surface area (Å²) in [5, 5.41) is 0. The lowest BCUT2D eigenvalue weighted by molar-refractivity contribution is 0.0392. The van der Waals surface area contributed by atoms with Gasteiger partial charge in [-0.3, -0.25) is 0 Å². The summed E-state index contributed by atoms with van der Waals surface area (Å²) in [5.74, 6) is -0.176. The highest BCUT2D eigenvalue weighted by atomic mass is 19.1. The molecule has 2 aromatic rings. The third-order valence-electron chi connectivity index (χ3n) is 4.51. The molecule has 0 radical (unpaired) electrons. The molecule has 1 atom stereocenters. The van der Waals surface area contributed by atoms with Crippen LogP contribution < -0.4 is 10.5 Å². The van der Waals surface area contributed by atoms with Gasteiger partial charge in [-0.2, -0.15) is 0 Å². The first-order valence-corrected chi connectivity index (χ1v) is 7.75. The SMILES string of the molecule is COc1cccc(-c2ccc3c(c2)CC(C)(C)C3OC(N)=O)c1F. The first kappa shape index (κ1) is 16.3. The van der Waals surface area contributed by atoms with Crippen LogP contribution in [0.3, 0.4) is 0 Å². The summed E-state index contributed by atoms with van der Waals surface area (Å²) in [4.78, 5) is 11.2. The van der Waals surface area contributed by atoms with Crippen molar-refractivity contribution in [1.82, 2.24) is 0 Å². The standard InChI is InChI=1S/C19H20FNO3/c1-19(2)10-12-9-11(7-8-14(12)17(19)24-18(21)22)13-5-4-6-15(23-3)16(13)20/h4-9,17H,10H2,1-3H3,(H2,21,22). The van der Waals surface area contributed by atoms with E-state index >= 15 is 0 Å². The van der Waals surface area contributed by atoms with Crippen molar-refractivity contribution < 1.29 is 18.7 Å². The van der Waals surface area contributed by atoms with Gasteiger partial charge < -0.3 is 15.2 Å². The molecule has 5 heteroatoms. The van der Waals surface area contributed by atoms with Crippen molar-refractivity contribution >= 4 is 6.09 Å². The third kappa shape index (κ3) is 2.70. The number of amides is 1. The molecule has 0 heterocycles. The summed E-state index contributed by atoms with van der Waals surface area (Å²) in [7, 11) is 1.44. The van der Waals surface area contributed by atoms with Gasteiger partial charge in [-0.15, -0.1) is 0 Å². The number of carbonyl (C=O) groups excluding carboxylic acids is 1. The number of primary amides is 1. The molecular formula is C19H20FNO3. The number of benzene rings is 2. The lowest BCUT2D eigenvalue weighted by Gasteiger charge is -2.26. The summed E-state index contributed by atoms with van der Waals surface area (Å²) in [6.45, 7) is 4.04. The van der Waals surface area contributed by atoms with Gasteiger partial charge in [0.2, 0.25) is 0 Å². The van der Waals surface area contributed by atoms with E-state index in [0.717, 1.165) is 23.1 Å². The summed E-state index contributed by atoms with van der Waals surface area (Å²) >= 11 is 0. The Morgan fingerprint density at radius 2 is 2.04 bits per heavy atom. The molecule has 0 aromatic heterocycles. The second kappa shape index (κ2) is 5.82. The highest BCUT2D eigenvalue weighted by molar-refractivity contribution is 5.69. The Hall–Kier alpha value is -2.56. The van der Waals surface area contributed by atoms with Gasteiger partial charge in [0, 0.05) is 11.0 Å². The predicted octanol–water partition coefficient (Wildman–Crippen LogP) is 4.22. The van der Waals surface area contributed by atoms with E-state index in [2.05, 4.69) is 0 Å². The molecule has 0 aliphatic heterocycles. The van der Waals surface area contributed by atoms with Gasteiger partial charge in [0.1, 0.15) is 6.10 Å². The Morgan fingerprint density at radius 3 is 2.71 bits per heavy atom. The van der Waals surface area contributed by atoms with Gasteiger partial charge in [0.25, 0.3) is 0 Å². The molecule has 0 spiro atoms. The maximum absolute atomic E-state index is 14.5. The summed E-state index contributed by atoms with van der Waals surface area (Å²) in [6, 6.07) is 10.7. The molecule has 2 N–H and O–H groups in total. The molecule has 126 valence electrons. The molecule has 1 aliphatic rings. The van der Waals surface area contributed by atoms with Crippen LogP contribution in [-0.2, 0) is 11.2 Å². The second-order valence-electron chi connectivity index (χ2n) is 6.72. The lowest BCUT2D eigenvalue weighted by atomic mass is 9.87. The second-order valence-corrected chi connectivity index (χ2v) is 6.72. The highest BCUT2D eigenvalue weighted by Gasteiger charge is 2.41. The van der Waals surface area contributed by atoms with Crippen LogP contribution in [0.4, 0.5) is 9.18 Å². The third-order valence-corrected chi connectivity index (χ3v) is 4.51. The number of hydrogen-bond acceptors (Lipinski definition) is 3. The van der Waals surface area contributed by atoms with E-state index in [1.54, 1.807) is 18.2 Å². The van der Waals surface area contributed by atoms with Crippen molar-refractivity contribution in [3.8, 4) is 16.9 Å². The van der Waals surface area contributed by atoms with Crippen LogP contribution in [-0.4, -0.2) is 13.2 Å². The number of ether oxygens (including phenoxy) is 2. The minimum Gasteiger partial charge on any atom is -0.494 e. The minimum absolute atomic E-state index is 0.211. The molecule has 2 aromatic carbocycles. The number of halogens is 1. The zero-order chi connectivity index (χ0) is 17.5. The van der Waals surface area contributed by atoms with Gasteiger partial charge >= 0.3 is 6.09 Å². The maximum atomic E-state index is 14.5. The van der Waals surface area contributed by atoms with Crippen LogP contribution >= 0.6 is 0 Å². The Morgan fingerprint density at radius 1 is 1.29 bits per heavy atom. The van der Waals surface area contributed by atoms with Crippen LogP contribution in [0, 0.1) is 11.2 Å². The van der Waals surface area contributed by atoms with Crippen molar-refractivity contribution in [1.29, 1.82) is 0 Å². The van der Waals surface area contributed by atoms with E-state index in [9.17, 15) is 9.18 Å². The van der Waals surface area contributed by atoms with E-state index < -0.39 is 12.2 Å². The van der Waals surface area contributed by atoms with E-state index in [4.69, 9.17) is 15.2 Å². The summed E-state index contributed by atoms with van der Waals surface area (Å²) < 4.78 is 24.9. The lowest BCUT2D eigenvalue weighted by Crippen LogP contribution is -2.25. The van der Waals surface area contributed by atoms with E-state index in [-0.39, 0.29) is 17.0 Å². The summed E-state index contributed by atoms with van der Waals surface area (Å²) in [6.07, 6.45) is -0.460. The Labute approximate surface area is 140 Å². The van der Waals surface area contributed by atoms with Gasteiger partial charge in [-0.1, -0.05) is 44.2 Å². The Balaban J connectivity index is 2.04. The number of hydrogen-bond donors (Lipinski definition) is 1. The molecule has 0 saturated carbocycles. The fourth-order valence-electron chi connectivity index (χ4n) is 3.42. The van der Waals surface area contributed by atoms with Gasteiger partial charge in [-0.25, -0.2) is 9.18 Å². The normalized spacial score (nSPS) is 18.1. The maximum Gasteiger partial charge on any atom is 0.405 e. The monoisotopic (exact) mass is 329 g/mol. The average molecular weight is 329 g/mol. The first-order chi connectivity index (χ1) is 11.3. The molecular weight excluding hydrogens is 309 g/mol. The number of methoxy groups -OCH3 is 1. The largest absolute Gasteiger partial charge is 0.494 e. The van der Waals surface area contributed by atoms with Gasteiger partial charge in [0.15, 0.2) is 11.6 Å². The van der Waals surface area contributed by atoms with Crippen LogP contribution in [0.5, 0.6) is 5.75 Å². The molecule has 4 nitrogen and oxygen atoms in total. The van der Waals surface area contributed by atoms with Crippen molar-refractivity contribution in [3.05, 3.63) is 53.3 Å². The van der Waals surface area contributed by atoms with Crippen molar-refractivity contribution in [2.45, 2.75) is 26.4 Å². The van der Waals surface area contributed by atoms with Crippen LogP contribution in [0.15, 0.2) is 36.4 Å². The highest BCUT2D eigenvalue weighted by Crippen LogP contribution is 2.48. The molecule has 3 rings (SSSR count). The molecule has 24 heavy (non-hydrogen) atoms. The molecule has 0 bridgehead atoms. The molecule has 1 unspecified atom stereocenters. The number of fused-ring (bicyclic) bond motifs is 1. The van der Waals surface area contributed by atoms with E-state index in [1.807, 2.05) is 32.0 Å². The predicted molar refractivity (Wildman–Crippen MR) is 89.3 cm³/mol. The van der Waals surface area contributed by atoms with Crippen molar-refractivity contribution in [3.63, 3.8) is 0 Å². The van der Waals surface area contributed by atoms with Gasteiger partial charge in [-0.05, 0) is 29.2 Å². The van der Waals surface area contributed by atoms with Crippen LogP contribution in [0.2, 0.25) is 0 Å². The Bertz CT molecular complexity index is 801. The molecule has 0 fully saturated rings. The average Bonchev–Trinajstić information content (AvgIpc) is 2.76. The summed E-state index contributed by atoms with van der Waals surface area (Å²) in [5.41, 5.74) is 8.14. The quantitative estimate of drug-likeness (QED) is 0.917. The van der Waals surface area contributed by atoms with Crippen molar-refractivity contribution in [2.24, 2.45) is 11.1 Å². The molecule has 0 saturated heterocycles. The van der Waals surface area contributed by atoms with Crippen molar-refractivity contribution in [2.75, 3.05) is 7.11 Å². The molecule has 1 aliphatic carbocycles. The zero-order valence-electron chi connectivity index (χ0n) is 13.9. The van der Waals surface area contributed by atoms with Crippen LogP contribution in [0.1, 0.15) is 31.1 Å². The van der Waals surface area contributed by atoms with E-state index in [1.165, 1.54) is 7.11 Å². The minimum atomic E-state index is -0.788. The fourth-order valence-corrected chi connectivity index (χ4v) is 3.42. The van der Waals surface area contributed by atoms with E-state index in [0.29, 0.717) is 5.56 Å². The number of nitrogens with two attached hydrogens (primary N) is 1. The smallest absolute Gasteiger partial charge is 0.405 e. The topological polar surface area (TPSA) is 61.6 Å². The van der Waals surface area contributed by atoms with Gasteiger partial charge in [0.05, 0.1) is 7.11 Å².